The maximum atomic E-state index is 11.5. The molecular formula is C12H13N3O2S. The number of nitrogens with two attached hydrogens (primary N) is 1. The number of hydrazine groups is 1. The Morgan fingerprint density at radius 2 is 2.06 bits per heavy atom. The van der Waals surface area contributed by atoms with E-state index in [1.165, 1.54) is 11.3 Å². The average molecular weight is 263 g/mol. The van der Waals surface area contributed by atoms with E-state index in [2.05, 4.69) is 10.4 Å². The number of thiazole rings is 1. The molecule has 94 valence electrons. The molecule has 0 spiro atoms. The molecule has 0 radical (unpaired) electrons. The van der Waals surface area contributed by atoms with Crippen molar-refractivity contribution in [1.29, 1.82) is 0 Å². The van der Waals surface area contributed by atoms with Crippen LogP contribution in [-0.2, 0) is 0 Å². The number of nitrogen functional groups attached to an aromatic ring is 1. The van der Waals surface area contributed by atoms with Crippen LogP contribution in [0.2, 0.25) is 0 Å². The highest BCUT2D eigenvalue weighted by Crippen LogP contribution is 2.28. The third-order valence-corrected chi connectivity index (χ3v) is 3.68. The molecule has 2 rings (SSSR count). The zero-order valence-electron chi connectivity index (χ0n) is 10.1. The highest BCUT2D eigenvalue weighted by molar-refractivity contribution is 7.17. The fraction of sp³-hybridized carbons (Fsp3) is 0.167. The zero-order valence-corrected chi connectivity index (χ0v) is 10.9. The predicted octanol–water partition coefficient (Wildman–Crippen LogP) is 1.73. The van der Waals surface area contributed by atoms with Crippen molar-refractivity contribution >= 4 is 17.2 Å². The Morgan fingerprint density at radius 1 is 1.39 bits per heavy atom. The Morgan fingerprint density at radius 3 is 2.61 bits per heavy atom. The van der Waals surface area contributed by atoms with Crippen LogP contribution >= 0.6 is 11.3 Å². The summed E-state index contributed by atoms with van der Waals surface area (Å²) in [5, 5.41) is 0.786. The van der Waals surface area contributed by atoms with E-state index >= 15 is 0 Å². The van der Waals surface area contributed by atoms with Gasteiger partial charge >= 0.3 is 0 Å². The smallest absolute Gasteiger partial charge is 0.277 e. The molecule has 0 aliphatic carbocycles. The third kappa shape index (κ3) is 2.34. The van der Waals surface area contributed by atoms with Gasteiger partial charge in [0.05, 0.1) is 12.8 Å². The first-order chi connectivity index (χ1) is 8.65. The Balaban J connectivity index is 2.36. The summed E-state index contributed by atoms with van der Waals surface area (Å²) in [5.74, 6) is 5.59. The van der Waals surface area contributed by atoms with E-state index in [1.54, 1.807) is 14.0 Å². The fourth-order valence-corrected chi connectivity index (χ4v) is 2.50. The molecule has 5 nitrogen and oxygen atoms in total. The van der Waals surface area contributed by atoms with E-state index in [0.717, 1.165) is 16.3 Å². The van der Waals surface area contributed by atoms with Crippen molar-refractivity contribution in [2.45, 2.75) is 6.92 Å². The van der Waals surface area contributed by atoms with Crippen molar-refractivity contribution in [3.63, 3.8) is 0 Å². The molecule has 1 aromatic carbocycles. The minimum atomic E-state index is -0.315. The molecule has 3 N–H and O–H groups in total. The predicted molar refractivity (Wildman–Crippen MR) is 70.5 cm³/mol. The second kappa shape index (κ2) is 5.16. The van der Waals surface area contributed by atoms with Crippen LogP contribution < -0.4 is 16.0 Å². The number of nitrogens with zero attached hydrogens (tertiary/aromatic N) is 1. The van der Waals surface area contributed by atoms with Crippen LogP contribution in [-0.4, -0.2) is 18.0 Å². The van der Waals surface area contributed by atoms with Crippen LogP contribution in [0.4, 0.5) is 0 Å². The van der Waals surface area contributed by atoms with Gasteiger partial charge in [-0.3, -0.25) is 10.2 Å². The maximum absolute atomic E-state index is 11.5. The Labute approximate surface area is 109 Å². The van der Waals surface area contributed by atoms with Crippen LogP contribution in [0.3, 0.4) is 0 Å². The summed E-state index contributed by atoms with van der Waals surface area (Å²) >= 11 is 1.31. The number of nitrogens with one attached hydrogen (secondary N) is 1. The molecule has 0 saturated carbocycles. The first-order valence-corrected chi connectivity index (χ1v) is 6.10. The van der Waals surface area contributed by atoms with Crippen molar-refractivity contribution in [3.05, 3.63) is 34.8 Å². The molecule has 0 aliphatic rings. The molecule has 0 unspecified atom stereocenters. The minimum Gasteiger partial charge on any atom is -0.497 e. The summed E-state index contributed by atoms with van der Waals surface area (Å²) in [6.07, 6.45) is 0. The van der Waals surface area contributed by atoms with Gasteiger partial charge in [0.25, 0.3) is 5.91 Å². The summed E-state index contributed by atoms with van der Waals surface area (Å²) < 4.78 is 5.09. The Bertz CT molecular complexity index is 563. The van der Waals surface area contributed by atoms with Gasteiger partial charge in [0.2, 0.25) is 0 Å². The first-order valence-electron chi connectivity index (χ1n) is 5.28. The lowest BCUT2D eigenvalue weighted by Crippen LogP contribution is -2.29. The first kappa shape index (κ1) is 12.5. The monoisotopic (exact) mass is 263 g/mol. The summed E-state index contributed by atoms with van der Waals surface area (Å²) in [7, 11) is 1.62. The highest BCUT2D eigenvalue weighted by Gasteiger charge is 2.15. The van der Waals surface area contributed by atoms with Gasteiger partial charge < -0.3 is 4.74 Å². The van der Waals surface area contributed by atoms with Gasteiger partial charge in [0, 0.05) is 5.56 Å². The lowest BCUT2D eigenvalue weighted by molar-refractivity contribution is 0.0957. The number of carbonyl (C=O) groups excluding carboxylic acids is 1. The highest BCUT2D eigenvalue weighted by atomic mass is 32.1. The molecule has 1 amide bonds. The summed E-state index contributed by atoms with van der Waals surface area (Å²) in [4.78, 5) is 16.4. The summed E-state index contributed by atoms with van der Waals surface area (Å²) in [6.45, 7) is 1.79. The molecule has 18 heavy (non-hydrogen) atoms. The quantitative estimate of drug-likeness (QED) is 0.502. The van der Waals surface area contributed by atoms with Crippen LogP contribution in [0.1, 0.15) is 15.4 Å². The summed E-state index contributed by atoms with van der Waals surface area (Å²) in [6, 6.07) is 7.52. The van der Waals surface area contributed by atoms with Gasteiger partial charge in [-0.15, -0.1) is 11.3 Å². The topological polar surface area (TPSA) is 77.2 Å². The Kier molecular flexibility index (Phi) is 3.59. The molecule has 6 heteroatoms. The van der Waals surface area contributed by atoms with E-state index in [-0.39, 0.29) is 5.91 Å². The largest absolute Gasteiger partial charge is 0.497 e. The molecule has 0 saturated heterocycles. The molecule has 1 heterocycles. The van der Waals surface area contributed by atoms with Crippen molar-refractivity contribution in [2.75, 3.05) is 7.11 Å². The lowest BCUT2D eigenvalue weighted by Gasteiger charge is -1.99. The van der Waals surface area contributed by atoms with E-state index in [1.807, 2.05) is 24.3 Å². The van der Waals surface area contributed by atoms with Gasteiger partial charge in [-0.1, -0.05) is 0 Å². The van der Waals surface area contributed by atoms with Crippen LogP contribution in [0, 0.1) is 6.92 Å². The van der Waals surface area contributed by atoms with Crippen molar-refractivity contribution < 1.29 is 9.53 Å². The second-order valence-electron chi connectivity index (χ2n) is 3.64. The van der Waals surface area contributed by atoms with Crippen molar-refractivity contribution in [1.82, 2.24) is 10.4 Å². The number of aromatic nitrogens is 1. The number of methoxy groups -OCH3 is 1. The van der Waals surface area contributed by atoms with Gasteiger partial charge in [0.1, 0.15) is 15.6 Å². The van der Waals surface area contributed by atoms with E-state index in [4.69, 9.17) is 10.6 Å². The Hall–Kier alpha value is -1.92. The van der Waals surface area contributed by atoms with Crippen molar-refractivity contribution in [2.24, 2.45) is 5.84 Å². The molecule has 0 aliphatic heterocycles. The maximum Gasteiger partial charge on any atom is 0.277 e. The second-order valence-corrected chi connectivity index (χ2v) is 4.63. The van der Waals surface area contributed by atoms with Crippen LogP contribution in [0.25, 0.3) is 10.6 Å². The van der Waals surface area contributed by atoms with E-state index in [0.29, 0.717) is 10.6 Å². The van der Waals surface area contributed by atoms with Crippen LogP contribution in [0.15, 0.2) is 24.3 Å². The van der Waals surface area contributed by atoms with Gasteiger partial charge in [-0.2, -0.15) is 0 Å². The normalized spacial score (nSPS) is 10.2. The minimum absolute atomic E-state index is 0.315. The van der Waals surface area contributed by atoms with Gasteiger partial charge in [-0.05, 0) is 31.2 Å². The number of aryl methyl sites for hydroxylation is 1. The third-order valence-electron chi connectivity index (χ3n) is 2.47. The zero-order chi connectivity index (χ0) is 13.1. The molecule has 0 fully saturated rings. The van der Waals surface area contributed by atoms with Gasteiger partial charge in [0.15, 0.2) is 0 Å². The molecular weight excluding hydrogens is 250 g/mol. The van der Waals surface area contributed by atoms with Crippen LogP contribution in [0.5, 0.6) is 5.75 Å². The molecule has 1 aromatic heterocycles. The summed E-state index contributed by atoms with van der Waals surface area (Å²) in [5.41, 5.74) is 3.74. The number of hydrogen-bond acceptors (Lipinski definition) is 5. The van der Waals surface area contributed by atoms with E-state index < -0.39 is 0 Å². The number of hydrogen-bond donors (Lipinski definition) is 2. The fourth-order valence-electron chi connectivity index (χ4n) is 1.53. The number of ether oxygens (including phenoxy) is 1. The lowest BCUT2D eigenvalue weighted by atomic mass is 10.2. The van der Waals surface area contributed by atoms with Gasteiger partial charge in [-0.25, -0.2) is 10.8 Å². The standard InChI is InChI=1S/C12H13N3O2S/c1-7-10(11(16)15-13)18-12(14-7)8-3-5-9(17-2)6-4-8/h3-6H,13H2,1-2H3,(H,15,16). The molecule has 0 bridgehead atoms. The number of carbonyl (C=O) groups is 1. The number of benzene rings is 1. The van der Waals surface area contributed by atoms with E-state index in [9.17, 15) is 4.79 Å². The number of amides is 1. The molecule has 0 atom stereocenters. The molecule has 2 aromatic rings. The SMILES string of the molecule is COc1ccc(-c2nc(C)c(C(=O)NN)s2)cc1. The average Bonchev–Trinajstić information content (AvgIpc) is 2.80. The van der Waals surface area contributed by atoms with Crippen molar-refractivity contribution in [3.8, 4) is 16.3 Å². The number of rotatable bonds is 3.